The van der Waals surface area contributed by atoms with Crippen LogP contribution in [-0.4, -0.2) is 26.8 Å². The Morgan fingerprint density at radius 3 is 2.58 bits per heavy atom. The number of benzene rings is 1. The predicted octanol–water partition coefficient (Wildman–Crippen LogP) is 1.85. The number of aliphatic carboxylic acids is 1. The summed E-state index contributed by atoms with van der Waals surface area (Å²) in [6, 6.07) is 12.0. The second kappa shape index (κ2) is 7.29. The summed E-state index contributed by atoms with van der Waals surface area (Å²) in [5.74, 6) is -1.99. The maximum Gasteiger partial charge on any atom is 0.307 e. The molecule has 1 aromatic carbocycles. The van der Waals surface area contributed by atoms with E-state index >= 15 is 0 Å². The van der Waals surface area contributed by atoms with Gasteiger partial charge >= 0.3 is 5.97 Å². The lowest BCUT2D eigenvalue weighted by Gasteiger charge is -2.31. The normalized spacial score (nSPS) is 19.5. The summed E-state index contributed by atoms with van der Waals surface area (Å²) >= 11 is 0. The third-order valence-corrected chi connectivity index (χ3v) is 4.63. The number of aryl methyl sites for hydroxylation is 2. The van der Waals surface area contributed by atoms with Crippen molar-refractivity contribution in [3.63, 3.8) is 0 Å². The van der Waals surface area contributed by atoms with Gasteiger partial charge in [0.05, 0.1) is 24.1 Å². The largest absolute Gasteiger partial charge is 0.481 e. The van der Waals surface area contributed by atoms with E-state index in [9.17, 15) is 9.59 Å². The zero-order chi connectivity index (χ0) is 16.9. The smallest absolute Gasteiger partial charge is 0.307 e. The van der Waals surface area contributed by atoms with Gasteiger partial charge in [0.25, 0.3) is 0 Å². The highest BCUT2D eigenvalue weighted by Crippen LogP contribution is 2.34. The fourth-order valence-electron chi connectivity index (χ4n) is 3.01. The van der Waals surface area contributed by atoms with Crippen molar-refractivity contribution in [2.24, 2.45) is 11.8 Å². The first-order valence-corrected chi connectivity index (χ1v) is 8.20. The Labute approximate surface area is 140 Å². The molecule has 1 aromatic heterocycles. The van der Waals surface area contributed by atoms with Crippen LogP contribution in [0.3, 0.4) is 0 Å². The molecule has 2 aromatic rings. The molecule has 1 saturated carbocycles. The maximum atomic E-state index is 12.1. The van der Waals surface area contributed by atoms with Gasteiger partial charge in [-0.05, 0) is 30.9 Å². The molecule has 3 rings (SSSR count). The minimum absolute atomic E-state index is 0.176. The quantitative estimate of drug-likeness (QED) is 0.813. The summed E-state index contributed by atoms with van der Waals surface area (Å²) in [5, 5.41) is 16.2. The molecule has 126 valence electrons. The highest BCUT2D eigenvalue weighted by atomic mass is 16.4. The molecule has 24 heavy (non-hydrogen) atoms. The van der Waals surface area contributed by atoms with Crippen LogP contribution in [0, 0.1) is 11.8 Å². The molecular formula is C18H21N3O3. The average Bonchev–Trinajstić information content (AvgIpc) is 2.98. The number of rotatable bonds is 7. The molecule has 1 amide bonds. The molecule has 0 saturated heterocycles. The number of amides is 1. The van der Waals surface area contributed by atoms with Gasteiger partial charge < -0.3 is 10.4 Å². The van der Waals surface area contributed by atoms with E-state index in [1.54, 1.807) is 6.20 Å². The summed E-state index contributed by atoms with van der Waals surface area (Å²) in [6.45, 7) is 1.11. The van der Waals surface area contributed by atoms with E-state index in [2.05, 4.69) is 22.5 Å². The summed E-state index contributed by atoms with van der Waals surface area (Å²) in [7, 11) is 0. The van der Waals surface area contributed by atoms with E-state index in [0.717, 1.165) is 18.7 Å². The minimum atomic E-state index is -0.880. The maximum absolute atomic E-state index is 12.1. The van der Waals surface area contributed by atoms with E-state index < -0.39 is 17.8 Å². The summed E-state index contributed by atoms with van der Waals surface area (Å²) in [6.07, 6.45) is 3.82. The molecule has 2 atom stereocenters. The molecule has 1 fully saturated rings. The van der Waals surface area contributed by atoms with Crippen LogP contribution in [0.2, 0.25) is 0 Å². The topological polar surface area (TPSA) is 84.2 Å². The highest BCUT2D eigenvalue weighted by molar-refractivity contribution is 5.86. The molecule has 0 bridgehead atoms. The standard InChI is InChI=1S/C18H21N3O3/c22-17(15-6-7-16(15)18(23)24)19-12-14-8-10-20-21(14)11-9-13-4-2-1-3-5-13/h1-5,8,10,15-16H,6-7,9,11-12H2,(H,19,22)(H,23,24). The van der Waals surface area contributed by atoms with Gasteiger partial charge in [0.1, 0.15) is 0 Å². The Balaban J connectivity index is 1.52. The molecule has 6 nitrogen and oxygen atoms in total. The Morgan fingerprint density at radius 2 is 1.92 bits per heavy atom. The predicted molar refractivity (Wildman–Crippen MR) is 88.1 cm³/mol. The monoisotopic (exact) mass is 327 g/mol. The Hall–Kier alpha value is -2.63. The molecule has 1 aliphatic rings. The van der Waals surface area contributed by atoms with Crippen molar-refractivity contribution in [3.05, 3.63) is 53.9 Å². The van der Waals surface area contributed by atoms with Crippen molar-refractivity contribution in [2.75, 3.05) is 0 Å². The van der Waals surface area contributed by atoms with Crippen LogP contribution >= 0.6 is 0 Å². The lowest BCUT2D eigenvalue weighted by molar-refractivity contribution is -0.152. The van der Waals surface area contributed by atoms with E-state index in [1.807, 2.05) is 28.9 Å². The Morgan fingerprint density at radius 1 is 1.17 bits per heavy atom. The van der Waals surface area contributed by atoms with Gasteiger partial charge in [0.15, 0.2) is 0 Å². The molecule has 6 heteroatoms. The van der Waals surface area contributed by atoms with Crippen molar-refractivity contribution in [2.45, 2.75) is 32.4 Å². The first-order valence-electron chi connectivity index (χ1n) is 8.20. The molecule has 1 aliphatic carbocycles. The van der Waals surface area contributed by atoms with Gasteiger partial charge in [-0.3, -0.25) is 14.3 Å². The third-order valence-electron chi connectivity index (χ3n) is 4.63. The summed E-state index contributed by atoms with van der Waals surface area (Å²) in [4.78, 5) is 23.1. The van der Waals surface area contributed by atoms with Crippen molar-refractivity contribution in [1.29, 1.82) is 0 Å². The number of carboxylic acid groups (broad SMARTS) is 1. The van der Waals surface area contributed by atoms with Crippen LogP contribution in [-0.2, 0) is 29.1 Å². The zero-order valence-corrected chi connectivity index (χ0v) is 13.4. The van der Waals surface area contributed by atoms with Crippen molar-refractivity contribution < 1.29 is 14.7 Å². The van der Waals surface area contributed by atoms with Gasteiger partial charge in [-0.2, -0.15) is 5.10 Å². The number of nitrogens with one attached hydrogen (secondary N) is 1. The molecule has 0 aliphatic heterocycles. The van der Waals surface area contributed by atoms with Gasteiger partial charge in [-0.1, -0.05) is 30.3 Å². The van der Waals surface area contributed by atoms with Crippen LogP contribution in [0.15, 0.2) is 42.6 Å². The number of aromatic nitrogens is 2. The molecule has 2 unspecified atom stereocenters. The lowest BCUT2D eigenvalue weighted by Crippen LogP contribution is -2.44. The van der Waals surface area contributed by atoms with E-state index in [0.29, 0.717) is 19.4 Å². The first-order chi connectivity index (χ1) is 11.6. The zero-order valence-electron chi connectivity index (χ0n) is 13.4. The number of carbonyl (C=O) groups is 2. The van der Waals surface area contributed by atoms with Crippen LogP contribution in [0.25, 0.3) is 0 Å². The molecule has 1 heterocycles. The van der Waals surface area contributed by atoms with Gasteiger partial charge in [-0.25, -0.2) is 0 Å². The fraction of sp³-hybridized carbons (Fsp3) is 0.389. The first kappa shape index (κ1) is 16.2. The van der Waals surface area contributed by atoms with Gasteiger partial charge in [0.2, 0.25) is 5.91 Å². The Bertz CT molecular complexity index is 711. The SMILES string of the molecule is O=C(O)C1CCC1C(=O)NCc1ccnn1CCc1ccccc1. The second-order valence-corrected chi connectivity index (χ2v) is 6.13. The van der Waals surface area contributed by atoms with Gasteiger partial charge in [0, 0.05) is 12.7 Å². The van der Waals surface area contributed by atoms with Crippen molar-refractivity contribution in [1.82, 2.24) is 15.1 Å². The summed E-state index contributed by atoms with van der Waals surface area (Å²) < 4.78 is 1.88. The molecule has 0 radical (unpaired) electrons. The van der Waals surface area contributed by atoms with Crippen LogP contribution in [0.4, 0.5) is 0 Å². The number of hydrogen-bond acceptors (Lipinski definition) is 3. The summed E-state index contributed by atoms with van der Waals surface area (Å²) in [5.41, 5.74) is 2.16. The van der Waals surface area contributed by atoms with E-state index in [4.69, 9.17) is 5.11 Å². The van der Waals surface area contributed by atoms with E-state index in [-0.39, 0.29) is 5.91 Å². The van der Waals surface area contributed by atoms with Crippen LogP contribution in [0.5, 0.6) is 0 Å². The molecular weight excluding hydrogens is 306 g/mol. The Kier molecular flexibility index (Phi) is 4.93. The average molecular weight is 327 g/mol. The third kappa shape index (κ3) is 3.64. The number of hydrogen-bond donors (Lipinski definition) is 2. The number of carboxylic acids is 1. The number of nitrogens with zero attached hydrogens (tertiary/aromatic N) is 2. The van der Waals surface area contributed by atoms with Crippen LogP contribution in [0.1, 0.15) is 24.1 Å². The second-order valence-electron chi connectivity index (χ2n) is 6.13. The molecule has 2 N–H and O–H groups in total. The van der Waals surface area contributed by atoms with Gasteiger partial charge in [-0.15, -0.1) is 0 Å². The number of carbonyl (C=O) groups excluding carboxylic acids is 1. The van der Waals surface area contributed by atoms with Crippen molar-refractivity contribution >= 4 is 11.9 Å². The lowest BCUT2D eigenvalue weighted by atomic mass is 9.73. The van der Waals surface area contributed by atoms with E-state index in [1.165, 1.54) is 5.56 Å². The fourth-order valence-corrected chi connectivity index (χ4v) is 3.01. The molecule has 0 spiro atoms. The van der Waals surface area contributed by atoms with Crippen LogP contribution < -0.4 is 5.32 Å². The minimum Gasteiger partial charge on any atom is -0.481 e. The highest BCUT2D eigenvalue weighted by Gasteiger charge is 2.41. The van der Waals surface area contributed by atoms with Crippen molar-refractivity contribution in [3.8, 4) is 0 Å².